The van der Waals surface area contributed by atoms with Gasteiger partial charge in [0.15, 0.2) is 0 Å². The van der Waals surface area contributed by atoms with Crippen molar-refractivity contribution in [3.63, 3.8) is 0 Å². The summed E-state index contributed by atoms with van der Waals surface area (Å²) in [5, 5.41) is 5.82. The fourth-order valence-corrected chi connectivity index (χ4v) is 3.86. The minimum atomic E-state index is 0.370. The zero-order valence-corrected chi connectivity index (χ0v) is 12.7. The summed E-state index contributed by atoms with van der Waals surface area (Å²) in [6, 6.07) is 4.34. The quantitative estimate of drug-likeness (QED) is 0.879. The third-order valence-electron chi connectivity index (χ3n) is 4.35. The molecule has 1 aromatic heterocycles. The van der Waals surface area contributed by atoms with Crippen LogP contribution >= 0.6 is 11.3 Å². The number of hydrogen-bond acceptors (Lipinski definition) is 3. The molecule has 0 aliphatic heterocycles. The van der Waals surface area contributed by atoms with Crippen molar-refractivity contribution in [1.82, 2.24) is 10.2 Å². The third-order valence-corrected chi connectivity index (χ3v) is 5.23. The molecule has 2 atom stereocenters. The fraction of sp³-hybridized carbons (Fsp3) is 0.733. The molecule has 0 saturated heterocycles. The molecule has 1 aliphatic rings. The Morgan fingerprint density at radius 1 is 1.50 bits per heavy atom. The lowest BCUT2D eigenvalue weighted by Gasteiger charge is -2.45. The molecule has 1 aliphatic carbocycles. The highest BCUT2D eigenvalue weighted by atomic mass is 32.1. The first-order valence-electron chi connectivity index (χ1n) is 7.03. The number of nitrogens with one attached hydrogen (secondary N) is 1. The van der Waals surface area contributed by atoms with Crippen molar-refractivity contribution in [2.75, 3.05) is 20.6 Å². The SMILES string of the molecule is CC1CCCC(CNCc2cccs2)(N(C)C)C1. The van der Waals surface area contributed by atoms with Crippen molar-refractivity contribution < 1.29 is 0 Å². The molecule has 1 heterocycles. The highest BCUT2D eigenvalue weighted by molar-refractivity contribution is 7.09. The van der Waals surface area contributed by atoms with E-state index in [2.05, 4.69) is 48.7 Å². The molecule has 2 rings (SSSR count). The van der Waals surface area contributed by atoms with Crippen molar-refractivity contribution in [2.45, 2.75) is 44.7 Å². The molecule has 3 heteroatoms. The molecule has 1 N–H and O–H groups in total. The topological polar surface area (TPSA) is 15.3 Å². The van der Waals surface area contributed by atoms with E-state index in [1.165, 1.54) is 30.6 Å². The number of hydrogen-bond donors (Lipinski definition) is 1. The molecule has 2 nitrogen and oxygen atoms in total. The van der Waals surface area contributed by atoms with Gasteiger partial charge >= 0.3 is 0 Å². The highest BCUT2D eigenvalue weighted by Gasteiger charge is 2.36. The Morgan fingerprint density at radius 3 is 2.94 bits per heavy atom. The van der Waals surface area contributed by atoms with E-state index >= 15 is 0 Å². The van der Waals surface area contributed by atoms with Gasteiger partial charge in [-0.15, -0.1) is 11.3 Å². The van der Waals surface area contributed by atoms with E-state index in [0.29, 0.717) is 5.54 Å². The summed E-state index contributed by atoms with van der Waals surface area (Å²) in [7, 11) is 4.48. The van der Waals surface area contributed by atoms with Crippen LogP contribution in [-0.2, 0) is 6.54 Å². The second-order valence-corrected chi connectivity index (χ2v) is 7.04. The van der Waals surface area contributed by atoms with Crippen LogP contribution in [0, 0.1) is 5.92 Å². The first-order chi connectivity index (χ1) is 8.62. The van der Waals surface area contributed by atoms with Crippen LogP contribution in [-0.4, -0.2) is 31.1 Å². The molecule has 102 valence electrons. The van der Waals surface area contributed by atoms with E-state index in [9.17, 15) is 0 Å². The maximum atomic E-state index is 3.67. The van der Waals surface area contributed by atoms with Crippen LogP contribution in [0.1, 0.15) is 37.5 Å². The second-order valence-electron chi connectivity index (χ2n) is 6.00. The van der Waals surface area contributed by atoms with Gasteiger partial charge in [0, 0.05) is 23.5 Å². The van der Waals surface area contributed by atoms with Crippen molar-refractivity contribution in [2.24, 2.45) is 5.92 Å². The fourth-order valence-electron chi connectivity index (χ4n) is 3.19. The second kappa shape index (κ2) is 6.18. The van der Waals surface area contributed by atoms with Crippen LogP contribution < -0.4 is 5.32 Å². The van der Waals surface area contributed by atoms with Crippen molar-refractivity contribution in [3.8, 4) is 0 Å². The Balaban J connectivity index is 1.89. The average molecular weight is 266 g/mol. The number of rotatable bonds is 5. The number of likely N-dealkylation sites (N-methyl/N-ethyl adjacent to an activating group) is 1. The summed E-state index contributed by atoms with van der Waals surface area (Å²) in [4.78, 5) is 3.89. The maximum Gasteiger partial charge on any atom is 0.0330 e. The largest absolute Gasteiger partial charge is 0.310 e. The standard InChI is InChI=1S/C15H26N2S/c1-13-6-4-8-15(10-13,17(2)3)12-16-11-14-7-5-9-18-14/h5,7,9,13,16H,4,6,8,10-12H2,1-3H3. The van der Waals surface area contributed by atoms with Crippen LogP contribution in [0.4, 0.5) is 0 Å². The molecule has 0 amide bonds. The summed E-state index contributed by atoms with van der Waals surface area (Å²) in [5.41, 5.74) is 0.370. The molecule has 1 saturated carbocycles. The van der Waals surface area contributed by atoms with Gasteiger partial charge in [-0.05, 0) is 44.3 Å². The molecule has 18 heavy (non-hydrogen) atoms. The lowest BCUT2D eigenvalue weighted by Crippen LogP contribution is -2.54. The van der Waals surface area contributed by atoms with Gasteiger partial charge in [-0.2, -0.15) is 0 Å². The van der Waals surface area contributed by atoms with Gasteiger partial charge in [-0.1, -0.05) is 25.8 Å². The molecular weight excluding hydrogens is 240 g/mol. The highest BCUT2D eigenvalue weighted by Crippen LogP contribution is 2.35. The van der Waals surface area contributed by atoms with Crippen molar-refractivity contribution in [1.29, 1.82) is 0 Å². The van der Waals surface area contributed by atoms with Crippen molar-refractivity contribution >= 4 is 11.3 Å². The van der Waals surface area contributed by atoms with Crippen LogP contribution in [0.25, 0.3) is 0 Å². The van der Waals surface area contributed by atoms with Crippen LogP contribution in [0.5, 0.6) is 0 Å². The Morgan fingerprint density at radius 2 is 2.33 bits per heavy atom. The normalized spacial score (nSPS) is 28.8. The maximum absolute atomic E-state index is 3.67. The lowest BCUT2D eigenvalue weighted by atomic mass is 9.75. The molecular formula is C15H26N2S. The zero-order chi connectivity index (χ0) is 13.0. The average Bonchev–Trinajstić information content (AvgIpc) is 2.82. The van der Waals surface area contributed by atoms with Crippen LogP contribution in [0.2, 0.25) is 0 Å². The van der Waals surface area contributed by atoms with E-state index in [-0.39, 0.29) is 0 Å². The Kier molecular flexibility index (Phi) is 4.82. The molecule has 2 unspecified atom stereocenters. The summed E-state index contributed by atoms with van der Waals surface area (Å²) in [6.07, 6.45) is 5.44. The molecule has 0 aromatic carbocycles. The monoisotopic (exact) mass is 266 g/mol. The Hall–Kier alpha value is -0.380. The predicted molar refractivity (Wildman–Crippen MR) is 80.1 cm³/mol. The van der Waals surface area contributed by atoms with E-state index in [1.54, 1.807) is 0 Å². The Bertz CT molecular complexity index is 347. The van der Waals surface area contributed by atoms with E-state index in [1.807, 2.05) is 11.3 Å². The van der Waals surface area contributed by atoms with E-state index in [0.717, 1.165) is 19.0 Å². The van der Waals surface area contributed by atoms with Crippen LogP contribution in [0.3, 0.4) is 0 Å². The van der Waals surface area contributed by atoms with Gasteiger partial charge in [0.2, 0.25) is 0 Å². The van der Waals surface area contributed by atoms with Crippen LogP contribution in [0.15, 0.2) is 17.5 Å². The predicted octanol–water partition coefficient (Wildman–Crippen LogP) is 3.35. The van der Waals surface area contributed by atoms with Crippen molar-refractivity contribution in [3.05, 3.63) is 22.4 Å². The summed E-state index contributed by atoms with van der Waals surface area (Å²) >= 11 is 1.84. The molecule has 0 bridgehead atoms. The minimum Gasteiger partial charge on any atom is -0.310 e. The molecule has 0 radical (unpaired) electrons. The minimum absolute atomic E-state index is 0.370. The third kappa shape index (κ3) is 3.34. The summed E-state index contributed by atoms with van der Waals surface area (Å²) in [5.74, 6) is 0.865. The van der Waals surface area contributed by atoms with E-state index < -0.39 is 0 Å². The molecule has 0 spiro atoms. The Labute approximate surface area is 115 Å². The number of thiophene rings is 1. The smallest absolute Gasteiger partial charge is 0.0330 e. The van der Waals surface area contributed by atoms with Gasteiger partial charge in [0.1, 0.15) is 0 Å². The first kappa shape index (κ1) is 14.0. The van der Waals surface area contributed by atoms with Gasteiger partial charge < -0.3 is 10.2 Å². The molecule has 1 aromatic rings. The zero-order valence-electron chi connectivity index (χ0n) is 11.9. The van der Waals surface area contributed by atoms with Gasteiger partial charge in [-0.25, -0.2) is 0 Å². The summed E-state index contributed by atoms with van der Waals surface area (Å²) in [6.45, 7) is 4.53. The van der Waals surface area contributed by atoms with Gasteiger partial charge in [0.25, 0.3) is 0 Å². The molecule has 1 fully saturated rings. The van der Waals surface area contributed by atoms with E-state index in [4.69, 9.17) is 0 Å². The lowest BCUT2D eigenvalue weighted by molar-refractivity contribution is 0.0750. The number of nitrogens with zero attached hydrogens (tertiary/aromatic N) is 1. The first-order valence-corrected chi connectivity index (χ1v) is 7.91. The summed E-state index contributed by atoms with van der Waals surface area (Å²) < 4.78 is 0. The van der Waals surface area contributed by atoms with Gasteiger partial charge in [0.05, 0.1) is 0 Å². The van der Waals surface area contributed by atoms with Gasteiger partial charge in [-0.3, -0.25) is 0 Å².